The molecule has 5 nitrogen and oxygen atoms in total. The molecule has 9 heteroatoms. The highest BCUT2D eigenvalue weighted by Crippen LogP contribution is 2.30. The Bertz CT molecular complexity index is 1160. The Balaban J connectivity index is 1.57. The smallest absolute Gasteiger partial charge is 0.225 e. The summed E-state index contributed by atoms with van der Waals surface area (Å²) in [5.41, 5.74) is 1.85. The molecule has 2 heterocycles. The molecular formula is C22H18Cl2N4OS2. The first kappa shape index (κ1) is 21.9. The van der Waals surface area contributed by atoms with Crippen LogP contribution >= 0.6 is 46.3 Å². The maximum atomic E-state index is 12.4. The molecule has 4 rings (SSSR count). The number of halogens is 2. The van der Waals surface area contributed by atoms with Crippen molar-refractivity contribution < 1.29 is 4.79 Å². The van der Waals surface area contributed by atoms with Crippen LogP contribution in [0.25, 0.3) is 5.69 Å². The number of nitrogens with zero attached hydrogens (tertiary/aromatic N) is 3. The summed E-state index contributed by atoms with van der Waals surface area (Å²) in [6, 6.07) is 19.2. The van der Waals surface area contributed by atoms with Crippen LogP contribution in [0.2, 0.25) is 10.0 Å². The van der Waals surface area contributed by atoms with Crippen LogP contribution in [-0.4, -0.2) is 20.7 Å². The van der Waals surface area contributed by atoms with Gasteiger partial charge in [-0.1, -0.05) is 71.4 Å². The van der Waals surface area contributed by atoms with Crippen molar-refractivity contribution in [2.24, 2.45) is 0 Å². The maximum absolute atomic E-state index is 12.4. The lowest BCUT2D eigenvalue weighted by atomic mass is 10.2. The summed E-state index contributed by atoms with van der Waals surface area (Å²) < 4.78 is 1.85. The van der Waals surface area contributed by atoms with E-state index in [1.165, 1.54) is 5.56 Å². The van der Waals surface area contributed by atoms with Gasteiger partial charge in [-0.05, 0) is 35.2 Å². The molecule has 0 aliphatic heterocycles. The molecule has 31 heavy (non-hydrogen) atoms. The molecule has 0 bridgehead atoms. The van der Waals surface area contributed by atoms with E-state index < -0.39 is 0 Å². The molecule has 1 N–H and O–H groups in total. The lowest BCUT2D eigenvalue weighted by molar-refractivity contribution is -0.120. The number of benzene rings is 2. The van der Waals surface area contributed by atoms with Crippen LogP contribution in [0.1, 0.15) is 16.3 Å². The minimum absolute atomic E-state index is 0.0762. The topological polar surface area (TPSA) is 59.8 Å². The van der Waals surface area contributed by atoms with E-state index in [4.69, 9.17) is 23.2 Å². The minimum atomic E-state index is -0.0762. The third-order valence-electron chi connectivity index (χ3n) is 4.42. The highest BCUT2D eigenvalue weighted by atomic mass is 35.5. The Labute approximate surface area is 198 Å². The fraction of sp³-hybridized carbons (Fsp3) is 0.136. The van der Waals surface area contributed by atoms with Crippen molar-refractivity contribution in [3.63, 3.8) is 0 Å². The minimum Gasteiger partial charge on any atom is -0.348 e. The van der Waals surface area contributed by atoms with Gasteiger partial charge < -0.3 is 5.32 Å². The van der Waals surface area contributed by atoms with Gasteiger partial charge in [0, 0.05) is 15.7 Å². The van der Waals surface area contributed by atoms with Gasteiger partial charge in [-0.15, -0.1) is 21.5 Å². The van der Waals surface area contributed by atoms with Crippen molar-refractivity contribution >= 4 is 52.2 Å². The molecule has 158 valence electrons. The Hall–Kier alpha value is -2.32. The van der Waals surface area contributed by atoms with Gasteiger partial charge in [0.15, 0.2) is 11.0 Å². The fourth-order valence-corrected chi connectivity index (χ4v) is 4.93. The van der Waals surface area contributed by atoms with E-state index in [2.05, 4.69) is 27.6 Å². The predicted octanol–water partition coefficient (Wildman–Crippen LogP) is 5.79. The molecule has 0 saturated carbocycles. The quantitative estimate of drug-likeness (QED) is 0.319. The van der Waals surface area contributed by atoms with Gasteiger partial charge in [0.1, 0.15) is 0 Å². The number of amides is 1. The van der Waals surface area contributed by atoms with Crippen LogP contribution < -0.4 is 5.32 Å². The van der Waals surface area contributed by atoms with Crippen molar-refractivity contribution in [3.05, 3.63) is 92.4 Å². The first-order valence-corrected chi connectivity index (χ1v) is 12.1. The van der Waals surface area contributed by atoms with E-state index in [-0.39, 0.29) is 12.5 Å². The van der Waals surface area contributed by atoms with Crippen LogP contribution in [0.5, 0.6) is 0 Å². The molecule has 1 amide bonds. The van der Waals surface area contributed by atoms with E-state index in [0.29, 0.717) is 33.1 Å². The third-order valence-corrected chi connectivity index (χ3v) is 6.85. The lowest BCUT2D eigenvalue weighted by Crippen LogP contribution is -2.26. The Morgan fingerprint density at radius 2 is 1.90 bits per heavy atom. The Morgan fingerprint density at radius 3 is 2.68 bits per heavy atom. The van der Waals surface area contributed by atoms with Gasteiger partial charge in [-0.2, -0.15) is 0 Å². The fourth-order valence-electron chi connectivity index (χ4n) is 2.94. The van der Waals surface area contributed by atoms with Gasteiger partial charge in [0.2, 0.25) is 5.91 Å². The van der Waals surface area contributed by atoms with E-state index in [0.717, 1.165) is 10.6 Å². The molecule has 0 unspecified atom stereocenters. The molecule has 0 atom stereocenters. The summed E-state index contributed by atoms with van der Waals surface area (Å²) in [5.74, 6) is 1.23. The summed E-state index contributed by atoms with van der Waals surface area (Å²) in [5, 5.41) is 15.3. The second-order valence-electron chi connectivity index (χ2n) is 6.64. The molecule has 2 aromatic carbocycles. The molecule has 4 aromatic rings. The SMILES string of the molecule is O=C(Cc1cccs1)NCc1nnc(SCc2ccccc2)n1-c1cc(Cl)ccc1Cl. The van der Waals surface area contributed by atoms with E-state index in [1.54, 1.807) is 41.3 Å². The summed E-state index contributed by atoms with van der Waals surface area (Å²) in [6.45, 7) is 0.228. The molecule has 0 fully saturated rings. The summed E-state index contributed by atoms with van der Waals surface area (Å²) in [4.78, 5) is 13.4. The molecule has 0 aliphatic rings. The monoisotopic (exact) mass is 488 g/mol. The number of hydrogen-bond donors (Lipinski definition) is 1. The number of thioether (sulfide) groups is 1. The zero-order valence-electron chi connectivity index (χ0n) is 16.3. The molecular weight excluding hydrogens is 471 g/mol. The second kappa shape index (κ2) is 10.3. The maximum Gasteiger partial charge on any atom is 0.225 e. The lowest BCUT2D eigenvalue weighted by Gasteiger charge is -2.13. The highest BCUT2D eigenvalue weighted by molar-refractivity contribution is 7.98. The van der Waals surface area contributed by atoms with Crippen LogP contribution in [0.4, 0.5) is 0 Å². The molecule has 0 spiro atoms. The number of rotatable bonds is 8. The average molecular weight is 489 g/mol. The molecule has 0 saturated heterocycles. The van der Waals surface area contributed by atoms with Crippen LogP contribution in [0, 0.1) is 0 Å². The van der Waals surface area contributed by atoms with E-state index in [1.807, 2.05) is 40.3 Å². The highest BCUT2D eigenvalue weighted by Gasteiger charge is 2.18. The number of hydrogen-bond acceptors (Lipinski definition) is 5. The van der Waals surface area contributed by atoms with E-state index in [9.17, 15) is 4.79 Å². The van der Waals surface area contributed by atoms with Gasteiger partial charge >= 0.3 is 0 Å². The number of nitrogens with one attached hydrogen (secondary N) is 1. The number of thiophene rings is 1. The Kier molecular flexibility index (Phi) is 7.29. The van der Waals surface area contributed by atoms with E-state index >= 15 is 0 Å². The molecule has 2 aromatic heterocycles. The first-order valence-electron chi connectivity index (χ1n) is 9.45. The number of carbonyl (C=O) groups excluding carboxylic acids is 1. The normalized spacial score (nSPS) is 10.9. The van der Waals surface area contributed by atoms with Crippen LogP contribution in [-0.2, 0) is 23.5 Å². The standard InChI is InChI=1S/C22H18Cl2N4OS2/c23-16-8-9-18(24)19(11-16)28-20(13-25-21(29)12-17-7-4-10-30-17)26-27-22(28)31-14-15-5-2-1-3-6-15/h1-11H,12-14H2,(H,25,29). The second-order valence-corrected chi connectivity index (χ2v) is 9.46. The van der Waals surface area contributed by atoms with Crippen LogP contribution in [0.15, 0.2) is 71.2 Å². The van der Waals surface area contributed by atoms with Crippen molar-refractivity contribution in [2.45, 2.75) is 23.9 Å². The summed E-state index contributed by atoms with van der Waals surface area (Å²) in [7, 11) is 0. The number of carbonyl (C=O) groups is 1. The average Bonchev–Trinajstić information content (AvgIpc) is 3.43. The zero-order valence-corrected chi connectivity index (χ0v) is 19.4. The van der Waals surface area contributed by atoms with Crippen molar-refractivity contribution in [3.8, 4) is 5.69 Å². The number of aromatic nitrogens is 3. The van der Waals surface area contributed by atoms with Gasteiger partial charge in [-0.3, -0.25) is 9.36 Å². The summed E-state index contributed by atoms with van der Waals surface area (Å²) >= 11 is 15.8. The third kappa shape index (κ3) is 5.68. The van der Waals surface area contributed by atoms with Gasteiger partial charge in [0.25, 0.3) is 0 Å². The predicted molar refractivity (Wildman–Crippen MR) is 127 cm³/mol. The van der Waals surface area contributed by atoms with Gasteiger partial charge in [0.05, 0.1) is 23.7 Å². The largest absolute Gasteiger partial charge is 0.348 e. The molecule has 0 aliphatic carbocycles. The Morgan fingerprint density at radius 1 is 1.06 bits per heavy atom. The first-order chi connectivity index (χ1) is 15.1. The van der Waals surface area contributed by atoms with Crippen LogP contribution in [0.3, 0.4) is 0 Å². The van der Waals surface area contributed by atoms with Crippen molar-refractivity contribution in [1.29, 1.82) is 0 Å². The van der Waals surface area contributed by atoms with Crippen molar-refractivity contribution in [1.82, 2.24) is 20.1 Å². The zero-order chi connectivity index (χ0) is 21.6. The van der Waals surface area contributed by atoms with Gasteiger partial charge in [-0.25, -0.2) is 0 Å². The molecule has 0 radical (unpaired) electrons. The summed E-state index contributed by atoms with van der Waals surface area (Å²) in [6.07, 6.45) is 0.333. The van der Waals surface area contributed by atoms with Crippen molar-refractivity contribution in [2.75, 3.05) is 0 Å².